The molecule has 0 aromatic carbocycles. The van der Waals surface area contributed by atoms with Crippen LogP contribution in [0.1, 0.15) is 44.9 Å². The van der Waals surface area contributed by atoms with Gasteiger partial charge in [0, 0.05) is 25.4 Å². The Balaban J connectivity index is 1.60. The number of hydrogen-bond donors (Lipinski definition) is 1. The minimum absolute atomic E-state index is 0.143. The molecule has 3 heterocycles. The Labute approximate surface area is 179 Å². The molecule has 0 radical (unpaired) electrons. The van der Waals surface area contributed by atoms with Crippen LogP contribution in [0.4, 0.5) is 5.00 Å². The van der Waals surface area contributed by atoms with E-state index < -0.39 is 11.9 Å². The Hall–Kier alpha value is -2.01. The Morgan fingerprint density at radius 1 is 1.17 bits per heavy atom. The third kappa shape index (κ3) is 5.18. The van der Waals surface area contributed by atoms with Gasteiger partial charge in [0.25, 0.3) is 0 Å². The SMILES string of the molecule is COC(=O)c1sc(NC(=O)CCN2CCC[C@@H](C3OCCO3)C2)c(C(=O)OC)c1C. The minimum atomic E-state index is -0.607. The lowest BCUT2D eigenvalue weighted by Crippen LogP contribution is -2.41. The van der Waals surface area contributed by atoms with Gasteiger partial charge < -0.3 is 29.2 Å². The molecule has 1 atom stereocenters. The summed E-state index contributed by atoms with van der Waals surface area (Å²) in [6.07, 6.45) is 2.22. The van der Waals surface area contributed by atoms with E-state index in [-0.39, 0.29) is 29.1 Å². The van der Waals surface area contributed by atoms with Gasteiger partial charge in [0.2, 0.25) is 5.91 Å². The van der Waals surface area contributed by atoms with E-state index in [1.807, 2.05) is 0 Å². The quantitative estimate of drug-likeness (QED) is 0.643. The summed E-state index contributed by atoms with van der Waals surface area (Å²) in [6.45, 7) is 5.26. The zero-order valence-corrected chi connectivity index (χ0v) is 18.3. The highest BCUT2D eigenvalue weighted by molar-refractivity contribution is 7.18. The number of carbonyl (C=O) groups is 3. The molecule has 0 spiro atoms. The number of thiophene rings is 1. The van der Waals surface area contributed by atoms with Gasteiger partial charge in [-0.05, 0) is 31.9 Å². The Morgan fingerprint density at radius 3 is 2.53 bits per heavy atom. The van der Waals surface area contributed by atoms with E-state index in [0.717, 1.165) is 37.3 Å². The molecule has 1 amide bonds. The third-order valence-corrected chi connectivity index (χ3v) is 6.58. The highest BCUT2D eigenvalue weighted by Gasteiger charge is 2.31. The van der Waals surface area contributed by atoms with E-state index in [1.165, 1.54) is 14.2 Å². The molecule has 1 N–H and O–H groups in total. The summed E-state index contributed by atoms with van der Waals surface area (Å²) in [5.74, 6) is -1.07. The van der Waals surface area contributed by atoms with E-state index in [9.17, 15) is 14.4 Å². The Kier molecular flexibility index (Phi) is 7.81. The molecule has 10 heteroatoms. The maximum Gasteiger partial charge on any atom is 0.348 e. The van der Waals surface area contributed by atoms with Crippen LogP contribution in [0.15, 0.2) is 0 Å². The largest absolute Gasteiger partial charge is 0.465 e. The lowest BCUT2D eigenvalue weighted by atomic mass is 9.97. The van der Waals surface area contributed by atoms with Gasteiger partial charge in [-0.25, -0.2) is 9.59 Å². The summed E-state index contributed by atoms with van der Waals surface area (Å²) < 4.78 is 20.8. The first-order valence-corrected chi connectivity index (χ1v) is 10.8. The highest BCUT2D eigenvalue weighted by Crippen LogP contribution is 2.34. The predicted octanol–water partition coefficient (Wildman–Crippen LogP) is 2.04. The van der Waals surface area contributed by atoms with E-state index in [4.69, 9.17) is 18.9 Å². The maximum atomic E-state index is 12.6. The Bertz CT molecular complexity index is 788. The molecule has 2 aliphatic heterocycles. The van der Waals surface area contributed by atoms with Crippen molar-refractivity contribution >= 4 is 34.2 Å². The molecule has 166 valence electrons. The van der Waals surface area contributed by atoms with Crippen LogP contribution in [0.2, 0.25) is 0 Å². The van der Waals surface area contributed by atoms with E-state index in [1.54, 1.807) is 6.92 Å². The van der Waals surface area contributed by atoms with Gasteiger partial charge in [0.15, 0.2) is 6.29 Å². The number of anilines is 1. The van der Waals surface area contributed by atoms with Crippen molar-refractivity contribution in [3.05, 3.63) is 16.0 Å². The lowest BCUT2D eigenvalue weighted by Gasteiger charge is -2.34. The molecule has 0 saturated carbocycles. The number of nitrogens with one attached hydrogen (secondary N) is 1. The number of ether oxygens (including phenoxy) is 4. The third-order valence-electron chi connectivity index (χ3n) is 5.39. The second kappa shape index (κ2) is 10.3. The van der Waals surface area contributed by atoms with Crippen LogP contribution in [0.25, 0.3) is 0 Å². The molecule has 3 rings (SSSR count). The van der Waals surface area contributed by atoms with Crippen molar-refractivity contribution in [3.63, 3.8) is 0 Å². The zero-order chi connectivity index (χ0) is 21.7. The van der Waals surface area contributed by atoms with Crippen LogP contribution in [-0.2, 0) is 23.7 Å². The number of rotatable bonds is 7. The number of hydrogen-bond acceptors (Lipinski definition) is 9. The topological polar surface area (TPSA) is 103 Å². The minimum Gasteiger partial charge on any atom is -0.465 e. The van der Waals surface area contributed by atoms with Gasteiger partial charge in [0.1, 0.15) is 9.88 Å². The van der Waals surface area contributed by atoms with Crippen LogP contribution < -0.4 is 5.32 Å². The van der Waals surface area contributed by atoms with Gasteiger partial charge >= 0.3 is 11.9 Å². The predicted molar refractivity (Wildman–Crippen MR) is 110 cm³/mol. The summed E-state index contributed by atoms with van der Waals surface area (Å²) >= 11 is 1.02. The molecular formula is C20H28N2O7S. The first-order chi connectivity index (χ1) is 14.4. The average Bonchev–Trinajstić information content (AvgIpc) is 3.40. The van der Waals surface area contributed by atoms with Crippen LogP contribution in [0.3, 0.4) is 0 Å². The molecule has 0 unspecified atom stereocenters. The van der Waals surface area contributed by atoms with E-state index in [0.29, 0.717) is 36.2 Å². The first kappa shape index (κ1) is 22.7. The van der Waals surface area contributed by atoms with Crippen molar-refractivity contribution in [2.45, 2.75) is 32.5 Å². The summed E-state index contributed by atoms with van der Waals surface area (Å²) in [5.41, 5.74) is 0.620. The summed E-state index contributed by atoms with van der Waals surface area (Å²) in [7, 11) is 2.53. The van der Waals surface area contributed by atoms with Gasteiger partial charge in [0.05, 0.1) is 33.0 Å². The fourth-order valence-corrected chi connectivity index (χ4v) is 4.98. The van der Waals surface area contributed by atoms with Gasteiger partial charge in [-0.3, -0.25) is 4.79 Å². The number of esters is 2. The van der Waals surface area contributed by atoms with Crippen molar-refractivity contribution in [1.29, 1.82) is 0 Å². The second-order valence-electron chi connectivity index (χ2n) is 7.35. The van der Waals surface area contributed by atoms with Crippen molar-refractivity contribution in [2.75, 3.05) is 52.4 Å². The number of amides is 1. The van der Waals surface area contributed by atoms with E-state index in [2.05, 4.69) is 10.2 Å². The maximum absolute atomic E-state index is 12.6. The fourth-order valence-electron chi connectivity index (χ4n) is 3.85. The lowest BCUT2D eigenvalue weighted by molar-refractivity contribution is -0.117. The van der Waals surface area contributed by atoms with Crippen LogP contribution in [-0.4, -0.2) is 76.1 Å². The van der Waals surface area contributed by atoms with Crippen molar-refractivity contribution in [1.82, 2.24) is 4.90 Å². The molecule has 0 bridgehead atoms. The number of piperidine rings is 1. The molecule has 2 fully saturated rings. The molecular weight excluding hydrogens is 412 g/mol. The molecule has 0 aliphatic carbocycles. The highest BCUT2D eigenvalue weighted by atomic mass is 32.1. The number of nitrogens with zero attached hydrogens (tertiary/aromatic N) is 1. The number of methoxy groups -OCH3 is 2. The monoisotopic (exact) mass is 440 g/mol. The second-order valence-corrected chi connectivity index (χ2v) is 8.38. The smallest absolute Gasteiger partial charge is 0.348 e. The van der Waals surface area contributed by atoms with Gasteiger partial charge in [-0.1, -0.05) is 0 Å². The molecule has 1 aromatic rings. The van der Waals surface area contributed by atoms with Crippen molar-refractivity contribution in [2.24, 2.45) is 5.92 Å². The summed E-state index contributed by atoms with van der Waals surface area (Å²) in [6, 6.07) is 0. The van der Waals surface area contributed by atoms with Crippen LogP contribution in [0.5, 0.6) is 0 Å². The van der Waals surface area contributed by atoms with Gasteiger partial charge in [-0.15, -0.1) is 11.3 Å². The van der Waals surface area contributed by atoms with Crippen molar-refractivity contribution < 1.29 is 33.3 Å². The molecule has 9 nitrogen and oxygen atoms in total. The van der Waals surface area contributed by atoms with E-state index >= 15 is 0 Å². The summed E-state index contributed by atoms with van der Waals surface area (Å²) in [5, 5.41) is 3.07. The normalized spacial score (nSPS) is 20.2. The van der Waals surface area contributed by atoms with Crippen molar-refractivity contribution in [3.8, 4) is 0 Å². The molecule has 2 saturated heterocycles. The molecule has 1 aromatic heterocycles. The Morgan fingerprint density at radius 2 is 1.87 bits per heavy atom. The standard InChI is InChI=1S/C20H28N2O7S/c1-12-15(18(24)26-2)17(30-16(12)19(25)27-3)21-14(23)6-8-22-7-4-5-13(11-22)20-28-9-10-29-20/h13,20H,4-11H2,1-3H3,(H,21,23)/t13-/m1/s1. The number of carbonyl (C=O) groups excluding carboxylic acids is 3. The number of likely N-dealkylation sites (tertiary alicyclic amines) is 1. The zero-order valence-electron chi connectivity index (χ0n) is 17.5. The van der Waals surface area contributed by atoms with Crippen LogP contribution in [0, 0.1) is 12.8 Å². The molecule has 2 aliphatic rings. The fraction of sp³-hybridized carbons (Fsp3) is 0.650. The van der Waals surface area contributed by atoms with Crippen LogP contribution >= 0.6 is 11.3 Å². The van der Waals surface area contributed by atoms with Gasteiger partial charge in [-0.2, -0.15) is 0 Å². The molecule has 30 heavy (non-hydrogen) atoms. The average molecular weight is 441 g/mol. The first-order valence-electron chi connectivity index (χ1n) is 10.00. The summed E-state index contributed by atoms with van der Waals surface area (Å²) in [4.78, 5) is 39.2.